The first kappa shape index (κ1) is 19.8. The summed E-state index contributed by atoms with van der Waals surface area (Å²) in [5, 5.41) is 5.83. The molecule has 2 aromatic rings. The SMILES string of the molecule is CC(=O)N[C@H](c1nccs1)C1CCN(C(=O)c2cc3c([nH]c2=O)CCCC3)CC1. The van der Waals surface area contributed by atoms with Gasteiger partial charge in [0.15, 0.2) is 0 Å². The number of aromatic nitrogens is 2. The van der Waals surface area contributed by atoms with Crippen LogP contribution >= 0.6 is 11.3 Å². The van der Waals surface area contributed by atoms with Crippen LogP contribution in [0.3, 0.4) is 0 Å². The van der Waals surface area contributed by atoms with E-state index in [9.17, 15) is 14.4 Å². The minimum atomic E-state index is -0.281. The number of aromatic amines is 1. The fourth-order valence-corrected chi connectivity index (χ4v) is 5.21. The van der Waals surface area contributed by atoms with Crippen LogP contribution in [-0.4, -0.2) is 39.8 Å². The lowest BCUT2D eigenvalue weighted by molar-refractivity contribution is -0.120. The maximum atomic E-state index is 13.0. The highest BCUT2D eigenvalue weighted by Crippen LogP contribution is 2.32. The molecule has 1 saturated heterocycles. The van der Waals surface area contributed by atoms with Gasteiger partial charge in [-0.1, -0.05) is 0 Å². The molecule has 0 spiro atoms. The second-order valence-corrected chi connectivity index (χ2v) is 8.83. The number of nitrogens with zero attached hydrogens (tertiary/aromatic N) is 2. The molecule has 154 valence electrons. The van der Waals surface area contributed by atoms with E-state index >= 15 is 0 Å². The van der Waals surface area contributed by atoms with Gasteiger partial charge in [0.05, 0.1) is 6.04 Å². The molecule has 1 atom stereocenters. The van der Waals surface area contributed by atoms with E-state index in [-0.39, 0.29) is 34.9 Å². The Kier molecular flexibility index (Phi) is 5.80. The molecule has 2 aliphatic rings. The summed E-state index contributed by atoms with van der Waals surface area (Å²) in [6.07, 6.45) is 7.25. The summed E-state index contributed by atoms with van der Waals surface area (Å²) in [5.74, 6) is -0.0522. The summed E-state index contributed by atoms with van der Waals surface area (Å²) in [7, 11) is 0. The van der Waals surface area contributed by atoms with Gasteiger partial charge in [0.2, 0.25) is 5.91 Å². The Hall–Kier alpha value is -2.48. The highest BCUT2D eigenvalue weighted by atomic mass is 32.1. The van der Waals surface area contributed by atoms with E-state index < -0.39 is 0 Å². The smallest absolute Gasteiger partial charge is 0.261 e. The van der Waals surface area contributed by atoms with E-state index in [0.717, 1.165) is 54.8 Å². The fourth-order valence-electron chi connectivity index (χ4n) is 4.43. The van der Waals surface area contributed by atoms with Crippen molar-refractivity contribution in [3.05, 3.63) is 49.8 Å². The average Bonchev–Trinajstić information content (AvgIpc) is 3.25. The second-order valence-electron chi connectivity index (χ2n) is 7.90. The Bertz CT molecular complexity index is 945. The van der Waals surface area contributed by atoms with E-state index in [1.54, 1.807) is 17.2 Å². The largest absolute Gasteiger partial charge is 0.347 e. The first-order valence-electron chi connectivity index (χ1n) is 10.2. The predicted molar refractivity (Wildman–Crippen MR) is 111 cm³/mol. The first-order chi connectivity index (χ1) is 14.0. The number of nitrogens with one attached hydrogen (secondary N) is 2. The van der Waals surface area contributed by atoms with Gasteiger partial charge in [-0.2, -0.15) is 0 Å². The number of carbonyl (C=O) groups is 2. The van der Waals surface area contributed by atoms with Gasteiger partial charge < -0.3 is 15.2 Å². The summed E-state index contributed by atoms with van der Waals surface area (Å²) in [6.45, 7) is 2.66. The number of hydrogen-bond donors (Lipinski definition) is 2. The number of amides is 2. The first-order valence-corrected chi connectivity index (χ1v) is 11.1. The molecule has 7 nitrogen and oxygen atoms in total. The van der Waals surface area contributed by atoms with Crippen molar-refractivity contribution in [1.82, 2.24) is 20.2 Å². The lowest BCUT2D eigenvalue weighted by Crippen LogP contribution is -2.44. The van der Waals surface area contributed by atoms with Gasteiger partial charge in [0, 0.05) is 37.3 Å². The van der Waals surface area contributed by atoms with Crippen molar-refractivity contribution >= 4 is 23.2 Å². The molecule has 4 rings (SSSR count). The van der Waals surface area contributed by atoms with Crippen molar-refractivity contribution in [2.24, 2.45) is 5.92 Å². The number of likely N-dealkylation sites (tertiary alicyclic amines) is 1. The number of thiazole rings is 1. The van der Waals surface area contributed by atoms with Crippen LogP contribution in [0, 0.1) is 5.92 Å². The molecule has 0 aromatic carbocycles. The third-order valence-corrected chi connectivity index (χ3v) is 6.80. The van der Waals surface area contributed by atoms with Crippen molar-refractivity contribution in [2.75, 3.05) is 13.1 Å². The predicted octanol–water partition coefficient (Wildman–Crippen LogP) is 2.44. The zero-order valence-electron chi connectivity index (χ0n) is 16.6. The lowest BCUT2D eigenvalue weighted by Gasteiger charge is -2.35. The quantitative estimate of drug-likeness (QED) is 0.803. The number of pyridine rings is 1. The number of fused-ring (bicyclic) bond motifs is 1. The van der Waals surface area contributed by atoms with Gasteiger partial charge in [-0.3, -0.25) is 14.4 Å². The average molecular weight is 415 g/mol. The molecular formula is C21H26N4O3S. The highest BCUT2D eigenvalue weighted by Gasteiger charge is 2.32. The van der Waals surface area contributed by atoms with Crippen molar-refractivity contribution < 1.29 is 9.59 Å². The summed E-state index contributed by atoms with van der Waals surface area (Å²) < 4.78 is 0. The molecule has 0 radical (unpaired) electrons. The molecule has 29 heavy (non-hydrogen) atoms. The van der Waals surface area contributed by atoms with Gasteiger partial charge in [0.1, 0.15) is 10.6 Å². The summed E-state index contributed by atoms with van der Waals surface area (Å²) >= 11 is 1.53. The van der Waals surface area contributed by atoms with Crippen LogP contribution in [0.4, 0.5) is 0 Å². The standard InChI is InChI=1S/C21H26N4O3S/c1-13(26)23-18(20-22-8-11-29-20)14-6-9-25(10-7-14)21(28)16-12-15-4-2-3-5-17(15)24-19(16)27/h8,11-12,14,18H,2-7,9-10H2,1H3,(H,23,26)(H,24,27)/t18-/m0/s1. The van der Waals surface area contributed by atoms with E-state index in [0.29, 0.717) is 13.1 Å². The van der Waals surface area contributed by atoms with Crippen molar-refractivity contribution in [1.29, 1.82) is 0 Å². The third kappa shape index (κ3) is 4.27. The fraction of sp³-hybridized carbons (Fsp3) is 0.524. The van der Waals surface area contributed by atoms with Crippen molar-refractivity contribution in [2.45, 2.75) is 51.5 Å². The highest BCUT2D eigenvalue weighted by molar-refractivity contribution is 7.09. The van der Waals surface area contributed by atoms with Gasteiger partial charge in [0.25, 0.3) is 11.5 Å². The molecule has 0 unspecified atom stereocenters. The molecule has 2 N–H and O–H groups in total. The Morgan fingerprint density at radius 3 is 2.72 bits per heavy atom. The van der Waals surface area contributed by atoms with Crippen LogP contribution in [0.15, 0.2) is 22.4 Å². The van der Waals surface area contributed by atoms with Crippen LogP contribution in [0.25, 0.3) is 0 Å². The van der Waals surface area contributed by atoms with Gasteiger partial charge in [-0.15, -0.1) is 11.3 Å². The van der Waals surface area contributed by atoms with Crippen molar-refractivity contribution in [3.8, 4) is 0 Å². The Morgan fingerprint density at radius 2 is 2.03 bits per heavy atom. The molecule has 1 aliphatic carbocycles. The lowest BCUT2D eigenvalue weighted by atomic mass is 9.89. The number of aryl methyl sites for hydroxylation is 2. The number of hydrogen-bond acceptors (Lipinski definition) is 5. The monoisotopic (exact) mass is 414 g/mol. The Labute approximate surface area is 173 Å². The molecule has 2 aromatic heterocycles. The second kappa shape index (κ2) is 8.49. The van der Waals surface area contributed by atoms with E-state index in [2.05, 4.69) is 15.3 Å². The molecule has 1 aliphatic heterocycles. The summed E-state index contributed by atoms with van der Waals surface area (Å²) in [5.41, 5.74) is 2.06. The molecule has 1 fully saturated rings. The Balaban J connectivity index is 1.46. The number of rotatable bonds is 4. The van der Waals surface area contributed by atoms with E-state index in [4.69, 9.17) is 0 Å². The van der Waals surface area contributed by atoms with Crippen molar-refractivity contribution in [3.63, 3.8) is 0 Å². The summed E-state index contributed by atoms with van der Waals surface area (Å²) in [6, 6.07) is 1.68. The third-order valence-electron chi connectivity index (χ3n) is 5.94. The molecule has 8 heteroatoms. The number of piperidine rings is 1. The molecule has 2 amide bonds. The maximum absolute atomic E-state index is 13.0. The van der Waals surface area contributed by atoms with Crippen LogP contribution in [0.5, 0.6) is 0 Å². The van der Waals surface area contributed by atoms with Crippen LogP contribution in [0.2, 0.25) is 0 Å². The van der Waals surface area contributed by atoms with E-state index in [1.165, 1.54) is 18.3 Å². The van der Waals surface area contributed by atoms with Gasteiger partial charge in [-0.05, 0) is 56.1 Å². The Morgan fingerprint density at radius 1 is 1.28 bits per heavy atom. The molecule has 0 saturated carbocycles. The molecule has 0 bridgehead atoms. The zero-order valence-corrected chi connectivity index (χ0v) is 17.4. The van der Waals surface area contributed by atoms with E-state index in [1.807, 2.05) is 5.38 Å². The molecule has 3 heterocycles. The normalized spacial score (nSPS) is 18.2. The van der Waals surface area contributed by atoms with Crippen LogP contribution in [-0.2, 0) is 17.6 Å². The zero-order chi connectivity index (χ0) is 20.4. The molecular weight excluding hydrogens is 388 g/mol. The van der Waals surface area contributed by atoms with Crippen LogP contribution in [0.1, 0.15) is 65.3 Å². The minimum absolute atomic E-state index is 0.0794. The minimum Gasteiger partial charge on any atom is -0.347 e. The summed E-state index contributed by atoms with van der Waals surface area (Å²) in [4.78, 5) is 46.2. The van der Waals surface area contributed by atoms with Gasteiger partial charge >= 0.3 is 0 Å². The number of carbonyl (C=O) groups excluding carboxylic acids is 2. The maximum Gasteiger partial charge on any atom is 0.261 e. The van der Waals surface area contributed by atoms with Crippen LogP contribution < -0.4 is 10.9 Å². The topological polar surface area (TPSA) is 95.2 Å². The van der Waals surface area contributed by atoms with Gasteiger partial charge in [-0.25, -0.2) is 4.98 Å². The number of H-pyrrole nitrogens is 1.